The van der Waals surface area contributed by atoms with Gasteiger partial charge in [0.2, 0.25) is 0 Å². The van der Waals surface area contributed by atoms with Crippen LogP contribution in [0.25, 0.3) is 11.3 Å². The zero-order valence-corrected chi connectivity index (χ0v) is 7.81. The van der Waals surface area contributed by atoms with Crippen LogP contribution in [0.15, 0.2) is 30.5 Å². The molecule has 0 aliphatic rings. The molecule has 70 valence electrons. The molecule has 0 aliphatic heterocycles. The normalized spacial score (nSPS) is 10.1. The van der Waals surface area contributed by atoms with Gasteiger partial charge >= 0.3 is 0 Å². The van der Waals surface area contributed by atoms with Crippen LogP contribution in [0.3, 0.4) is 0 Å². The Bertz CT molecular complexity index is 436. The summed E-state index contributed by atoms with van der Waals surface area (Å²) in [6.45, 7) is 1.94. The Morgan fingerprint density at radius 3 is 2.64 bits per heavy atom. The van der Waals surface area contributed by atoms with Crippen molar-refractivity contribution in [1.29, 1.82) is 0 Å². The minimum atomic E-state index is 0.430. The number of hydrogen-bond acceptors (Lipinski definition) is 4. The summed E-state index contributed by atoms with van der Waals surface area (Å²) in [5.41, 5.74) is 8.22. The van der Waals surface area contributed by atoms with E-state index in [1.165, 1.54) is 0 Å². The highest BCUT2D eigenvalue weighted by Gasteiger charge is 1.99. The maximum atomic E-state index is 5.45. The van der Waals surface area contributed by atoms with E-state index in [4.69, 9.17) is 5.73 Å². The topological polar surface area (TPSA) is 64.7 Å². The summed E-state index contributed by atoms with van der Waals surface area (Å²) in [4.78, 5) is 4.11. The molecule has 0 fully saturated rings. The Labute approximate surface area is 81.8 Å². The number of pyridine rings is 1. The zero-order valence-electron chi connectivity index (χ0n) is 7.81. The van der Waals surface area contributed by atoms with E-state index in [2.05, 4.69) is 15.2 Å². The van der Waals surface area contributed by atoms with Gasteiger partial charge in [-0.1, -0.05) is 0 Å². The summed E-state index contributed by atoms with van der Waals surface area (Å²) in [5.74, 6) is 0.430. The Balaban J connectivity index is 2.44. The number of aryl methyl sites for hydroxylation is 1. The van der Waals surface area contributed by atoms with Gasteiger partial charge in [-0.2, -0.15) is 0 Å². The number of hydrogen-bond donors (Lipinski definition) is 1. The molecule has 2 aromatic rings. The van der Waals surface area contributed by atoms with Gasteiger partial charge in [-0.25, -0.2) is 0 Å². The molecule has 0 aliphatic carbocycles. The molecule has 0 radical (unpaired) electrons. The molecule has 0 saturated heterocycles. The standard InChI is InChI=1S/C10H10N4/c1-7-6-8(4-5-12-7)9-2-3-10(11)14-13-9/h2-6H,1H3,(H2,11,14). The second-order valence-electron chi connectivity index (χ2n) is 3.03. The van der Waals surface area contributed by atoms with Crippen molar-refractivity contribution in [2.45, 2.75) is 6.92 Å². The van der Waals surface area contributed by atoms with E-state index in [1.807, 2.05) is 25.1 Å². The maximum absolute atomic E-state index is 5.45. The van der Waals surface area contributed by atoms with Gasteiger partial charge in [0.1, 0.15) is 5.82 Å². The van der Waals surface area contributed by atoms with Gasteiger partial charge < -0.3 is 5.73 Å². The van der Waals surface area contributed by atoms with Crippen molar-refractivity contribution in [1.82, 2.24) is 15.2 Å². The lowest BCUT2D eigenvalue weighted by Crippen LogP contribution is -1.94. The Morgan fingerprint density at radius 1 is 1.14 bits per heavy atom. The Morgan fingerprint density at radius 2 is 2.00 bits per heavy atom. The van der Waals surface area contributed by atoms with Crippen LogP contribution >= 0.6 is 0 Å². The summed E-state index contributed by atoms with van der Waals surface area (Å²) < 4.78 is 0. The van der Waals surface area contributed by atoms with E-state index in [0.29, 0.717) is 5.82 Å². The van der Waals surface area contributed by atoms with Crippen molar-refractivity contribution in [2.24, 2.45) is 0 Å². The molecule has 2 heterocycles. The lowest BCUT2D eigenvalue weighted by Gasteiger charge is -2.00. The van der Waals surface area contributed by atoms with E-state index in [1.54, 1.807) is 12.3 Å². The second-order valence-corrected chi connectivity index (χ2v) is 3.03. The van der Waals surface area contributed by atoms with E-state index >= 15 is 0 Å². The first-order valence-corrected chi connectivity index (χ1v) is 4.28. The van der Waals surface area contributed by atoms with Crippen LogP contribution in [0.5, 0.6) is 0 Å². The molecule has 0 saturated carbocycles. The number of rotatable bonds is 1. The third-order valence-corrected chi connectivity index (χ3v) is 1.88. The molecular weight excluding hydrogens is 176 g/mol. The first-order valence-electron chi connectivity index (χ1n) is 4.28. The van der Waals surface area contributed by atoms with E-state index in [9.17, 15) is 0 Å². The highest BCUT2D eigenvalue weighted by atomic mass is 15.1. The molecule has 14 heavy (non-hydrogen) atoms. The van der Waals surface area contributed by atoms with Crippen molar-refractivity contribution < 1.29 is 0 Å². The lowest BCUT2D eigenvalue weighted by molar-refractivity contribution is 1.05. The van der Waals surface area contributed by atoms with Gasteiger partial charge in [-0.15, -0.1) is 10.2 Å². The second kappa shape index (κ2) is 3.41. The van der Waals surface area contributed by atoms with Crippen molar-refractivity contribution in [3.8, 4) is 11.3 Å². The predicted octanol–water partition coefficient (Wildman–Crippen LogP) is 1.43. The van der Waals surface area contributed by atoms with Gasteiger partial charge in [0, 0.05) is 17.5 Å². The molecule has 0 amide bonds. The fraction of sp³-hybridized carbons (Fsp3) is 0.100. The minimum absolute atomic E-state index is 0.430. The predicted molar refractivity (Wildman–Crippen MR) is 54.4 cm³/mol. The van der Waals surface area contributed by atoms with Crippen LogP contribution in [-0.4, -0.2) is 15.2 Å². The fourth-order valence-electron chi connectivity index (χ4n) is 1.20. The SMILES string of the molecule is Cc1cc(-c2ccc(N)nn2)ccn1. The molecule has 4 heteroatoms. The molecule has 0 aromatic carbocycles. The van der Waals surface area contributed by atoms with Crippen molar-refractivity contribution in [3.63, 3.8) is 0 Å². The van der Waals surface area contributed by atoms with E-state index in [-0.39, 0.29) is 0 Å². The number of nitrogen functional groups attached to an aromatic ring is 1. The average molecular weight is 186 g/mol. The molecule has 2 rings (SSSR count). The smallest absolute Gasteiger partial charge is 0.146 e. The van der Waals surface area contributed by atoms with Gasteiger partial charge in [0.25, 0.3) is 0 Å². The average Bonchev–Trinajstić information content (AvgIpc) is 2.19. The van der Waals surface area contributed by atoms with Gasteiger partial charge in [0.15, 0.2) is 0 Å². The summed E-state index contributed by atoms with van der Waals surface area (Å²) >= 11 is 0. The van der Waals surface area contributed by atoms with Crippen molar-refractivity contribution in [2.75, 3.05) is 5.73 Å². The first-order chi connectivity index (χ1) is 6.75. The lowest BCUT2D eigenvalue weighted by atomic mass is 10.1. The molecule has 0 spiro atoms. The van der Waals surface area contributed by atoms with Gasteiger partial charge in [-0.05, 0) is 31.2 Å². The van der Waals surface area contributed by atoms with Crippen molar-refractivity contribution >= 4 is 5.82 Å². The van der Waals surface area contributed by atoms with Crippen LogP contribution in [0.2, 0.25) is 0 Å². The summed E-state index contributed by atoms with van der Waals surface area (Å²) in [5, 5.41) is 7.78. The summed E-state index contributed by atoms with van der Waals surface area (Å²) in [6.07, 6.45) is 1.75. The van der Waals surface area contributed by atoms with Gasteiger partial charge in [0.05, 0.1) is 5.69 Å². The molecule has 2 aromatic heterocycles. The monoisotopic (exact) mass is 186 g/mol. The quantitative estimate of drug-likeness (QED) is 0.731. The van der Waals surface area contributed by atoms with Crippen LogP contribution in [0.4, 0.5) is 5.82 Å². The minimum Gasteiger partial charge on any atom is -0.382 e. The van der Waals surface area contributed by atoms with Gasteiger partial charge in [-0.3, -0.25) is 4.98 Å². The Kier molecular flexibility index (Phi) is 2.10. The van der Waals surface area contributed by atoms with E-state index in [0.717, 1.165) is 17.0 Å². The molecule has 0 atom stereocenters. The third kappa shape index (κ3) is 1.69. The highest BCUT2D eigenvalue weighted by Crippen LogP contribution is 2.15. The zero-order chi connectivity index (χ0) is 9.97. The number of aromatic nitrogens is 3. The summed E-state index contributed by atoms with van der Waals surface area (Å²) in [7, 11) is 0. The molecular formula is C10H10N4. The van der Waals surface area contributed by atoms with E-state index < -0.39 is 0 Å². The first kappa shape index (κ1) is 8.62. The molecule has 0 unspecified atom stereocenters. The Hall–Kier alpha value is -1.97. The van der Waals surface area contributed by atoms with Crippen LogP contribution in [-0.2, 0) is 0 Å². The maximum Gasteiger partial charge on any atom is 0.146 e. The number of nitrogens with two attached hydrogens (primary N) is 1. The molecule has 0 bridgehead atoms. The van der Waals surface area contributed by atoms with Crippen LogP contribution in [0.1, 0.15) is 5.69 Å². The number of nitrogens with zero attached hydrogens (tertiary/aromatic N) is 3. The fourth-order valence-corrected chi connectivity index (χ4v) is 1.20. The van der Waals surface area contributed by atoms with Crippen LogP contribution in [0, 0.1) is 6.92 Å². The molecule has 4 nitrogen and oxygen atoms in total. The molecule has 2 N–H and O–H groups in total. The summed E-state index contributed by atoms with van der Waals surface area (Å²) in [6, 6.07) is 7.43. The third-order valence-electron chi connectivity index (χ3n) is 1.88. The van der Waals surface area contributed by atoms with Crippen LogP contribution < -0.4 is 5.73 Å². The van der Waals surface area contributed by atoms with Crippen molar-refractivity contribution in [3.05, 3.63) is 36.2 Å². The highest BCUT2D eigenvalue weighted by molar-refractivity contribution is 5.59. The number of anilines is 1. The largest absolute Gasteiger partial charge is 0.382 e.